The Hall–Kier alpha value is -2.99. The zero-order chi connectivity index (χ0) is 17.1. The van der Waals surface area contributed by atoms with Gasteiger partial charge >= 0.3 is 0 Å². The van der Waals surface area contributed by atoms with Crippen LogP contribution in [-0.2, 0) is 16.1 Å². The van der Waals surface area contributed by atoms with Crippen LogP contribution in [0.15, 0.2) is 48.5 Å². The summed E-state index contributed by atoms with van der Waals surface area (Å²) in [5.41, 5.74) is 4.12. The molecule has 3 amide bonds. The Morgan fingerprint density at radius 2 is 1.71 bits per heavy atom. The van der Waals surface area contributed by atoms with Crippen molar-refractivity contribution in [2.45, 2.75) is 19.4 Å². The minimum Gasteiger partial charge on any atom is -0.288 e. The highest BCUT2D eigenvalue weighted by Gasteiger charge is 2.29. The number of amides is 3. The van der Waals surface area contributed by atoms with Gasteiger partial charge in [-0.25, -0.2) is 5.48 Å². The Kier molecular flexibility index (Phi) is 4.39. The second-order valence-corrected chi connectivity index (χ2v) is 5.56. The van der Waals surface area contributed by atoms with Gasteiger partial charge in [0.1, 0.15) is 0 Å². The number of nitrogens with zero attached hydrogens (tertiary/aromatic N) is 1. The molecule has 0 aliphatic carbocycles. The van der Waals surface area contributed by atoms with Gasteiger partial charge in [-0.15, -0.1) is 0 Å². The molecule has 122 valence electrons. The van der Waals surface area contributed by atoms with E-state index in [-0.39, 0.29) is 31.2 Å². The van der Waals surface area contributed by atoms with Crippen molar-refractivity contribution in [3.05, 3.63) is 59.7 Å². The van der Waals surface area contributed by atoms with Crippen LogP contribution in [0, 0.1) is 0 Å². The Morgan fingerprint density at radius 3 is 2.33 bits per heavy atom. The van der Waals surface area contributed by atoms with Crippen LogP contribution in [0.1, 0.15) is 28.8 Å². The lowest BCUT2D eigenvalue weighted by atomic mass is 9.96. The third-order valence-electron chi connectivity index (χ3n) is 4.01. The van der Waals surface area contributed by atoms with Gasteiger partial charge in [0.05, 0.1) is 6.54 Å². The average Bonchev–Trinajstić information content (AvgIpc) is 2.93. The van der Waals surface area contributed by atoms with E-state index < -0.39 is 5.91 Å². The molecule has 3 rings (SSSR count). The number of imide groups is 1. The quantitative estimate of drug-likeness (QED) is 0.512. The van der Waals surface area contributed by atoms with E-state index in [1.54, 1.807) is 23.7 Å². The summed E-state index contributed by atoms with van der Waals surface area (Å²) in [6, 6.07) is 14.3. The molecule has 0 unspecified atom stereocenters. The van der Waals surface area contributed by atoms with E-state index >= 15 is 0 Å². The molecule has 2 aromatic carbocycles. The summed E-state index contributed by atoms with van der Waals surface area (Å²) in [6.45, 7) is 0.179. The van der Waals surface area contributed by atoms with Crippen LogP contribution >= 0.6 is 0 Å². The van der Waals surface area contributed by atoms with Crippen LogP contribution in [-0.4, -0.2) is 27.8 Å². The summed E-state index contributed by atoms with van der Waals surface area (Å²) in [7, 11) is 0. The lowest BCUT2D eigenvalue weighted by molar-refractivity contribution is -0.139. The van der Waals surface area contributed by atoms with Crippen LogP contribution in [0.2, 0.25) is 0 Å². The second-order valence-electron chi connectivity index (χ2n) is 5.56. The first-order valence-corrected chi connectivity index (χ1v) is 7.56. The standard InChI is InChI=1S/C18H16N2O4/c21-16-8-9-17(22)20(16)11-12-6-7-14(18(23)19-24)15(10-12)13-4-2-1-3-5-13/h1-7,10,24H,8-9,11H2,(H,19,23). The normalized spacial score (nSPS) is 14.1. The topological polar surface area (TPSA) is 86.7 Å². The highest BCUT2D eigenvalue weighted by atomic mass is 16.5. The Morgan fingerprint density at radius 1 is 1.04 bits per heavy atom. The Bertz CT molecular complexity index is 786. The molecule has 24 heavy (non-hydrogen) atoms. The van der Waals surface area contributed by atoms with Crippen molar-refractivity contribution in [1.82, 2.24) is 10.4 Å². The molecule has 0 saturated carbocycles. The van der Waals surface area contributed by atoms with Crippen molar-refractivity contribution < 1.29 is 19.6 Å². The molecule has 1 fully saturated rings. The van der Waals surface area contributed by atoms with Gasteiger partial charge < -0.3 is 0 Å². The maximum absolute atomic E-state index is 11.9. The number of carbonyl (C=O) groups is 3. The SMILES string of the molecule is O=C(NO)c1ccc(CN2C(=O)CCC2=O)cc1-c1ccccc1. The lowest BCUT2D eigenvalue weighted by Crippen LogP contribution is -2.28. The van der Waals surface area contributed by atoms with Crippen LogP contribution in [0.4, 0.5) is 0 Å². The smallest absolute Gasteiger partial charge is 0.275 e. The number of hydroxylamine groups is 1. The lowest BCUT2D eigenvalue weighted by Gasteiger charge is -2.16. The van der Waals surface area contributed by atoms with Gasteiger partial charge in [0.2, 0.25) is 11.8 Å². The third-order valence-corrected chi connectivity index (χ3v) is 4.01. The van der Waals surface area contributed by atoms with Crippen molar-refractivity contribution in [3.63, 3.8) is 0 Å². The van der Waals surface area contributed by atoms with Gasteiger partial charge in [-0.05, 0) is 28.8 Å². The highest BCUT2D eigenvalue weighted by Crippen LogP contribution is 2.26. The number of carbonyl (C=O) groups excluding carboxylic acids is 3. The van der Waals surface area contributed by atoms with E-state index in [2.05, 4.69) is 0 Å². The number of nitrogens with one attached hydrogen (secondary N) is 1. The zero-order valence-corrected chi connectivity index (χ0v) is 12.9. The van der Waals surface area contributed by atoms with E-state index in [1.807, 2.05) is 30.3 Å². The zero-order valence-electron chi connectivity index (χ0n) is 12.9. The molecule has 6 heteroatoms. The van der Waals surface area contributed by atoms with Crippen LogP contribution in [0.3, 0.4) is 0 Å². The van der Waals surface area contributed by atoms with E-state index in [1.165, 1.54) is 4.90 Å². The predicted molar refractivity (Wildman–Crippen MR) is 85.9 cm³/mol. The number of hydrogen-bond donors (Lipinski definition) is 2. The van der Waals surface area contributed by atoms with E-state index in [4.69, 9.17) is 5.21 Å². The van der Waals surface area contributed by atoms with Crippen molar-refractivity contribution >= 4 is 17.7 Å². The maximum atomic E-state index is 11.9. The van der Waals surface area contributed by atoms with Gasteiger partial charge in [0.25, 0.3) is 5.91 Å². The molecular formula is C18H16N2O4. The van der Waals surface area contributed by atoms with Crippen molar-refractivity contribution in [2.24, 2.45) is 0 Å². The van der Waals surface area contributed by atoms with Gasteiger partial charge in [-0.1, -0.05) is 36.4 Å². The molecule has 1 saturated heterocycles. The second kappa shape index (κ2) is 6.64. The van der Waals surface area contributed by atoms with E-state index in [0.29, 0.717) is 11.1 Å². The monoisotopic (exact) mass is 324 g/mol. The maximum Gasteiger partial charge on any atom is 0.275 e. The van der Waals surface area contributed by atoms with Gasteiger partial charge in [0, 0.05) is 18.4 Å². The minimum absolute atomic E-state index is 0.179. The van der Waals surface area contributed by atoms with Gasteiger partial charge in [-0.2, -0.15) is 0 Å². The van der Waals surface area contributed by atoms with Crippen LogP contribution in [0.5, 0.6) is 0 Å². The molecule has 2 aromatic rings. The summed E-state index contributed by atoms with van der Waals surface area (Å²) in [5.74, 6) is -0.981. The fourth-order valence-electron chi connectivity index (χ4n) is 2.79. The molecule has 1 heterocycles. The molecule has 0 bridgehead atoms. The third kappa shape index (κ3) is 3.04. The predicted octanol–water partition coefficient (Wildman–Crippen LogP) is 2.12. The summed E-state index contributed by atoms with van der Waals surface area (Å²) in [5, 5.41) is 8.93. The molecule has 1 aliphatic rings. The minimum atomic E-state index is -0.617. The number of rotatable bonds is 4. The molecule has 0 atom stereocenters. The first-order chi connectivity index (χ1) is 11.6. The van der Waals surface area contributed by atoms with Crippen LogP contribution in [0.25, 0.3) is 11.1 Å². The van der Waals surface area contributed by atoms with E-state index in [0.717, 1.165) is 11.1 Å². The molecule has 0 aromatic heterocycles. The van der Waals surface area contributed by atoms with Crippen LogP contribution < -0.4 is 5.48 Å². The van der Waals surface area contributed by atoms with Gasteiger partial charge in [0.15, 0.2) is 0 Å². The Labute approximate surface area is 138 Å². The molecule has 2 N–H and O–H groups in total. The number of benzene rings is 2. The summed E-state index contributed by atoms with van der Waals surface area (Å²) >= 11 is 0. The molecule has 0 radical (unpaired) electrons. The summed E-state index contributed by atoms with van der Waals surface area (Å²) in [6.07, 6.45) is 0.491. The highest BCUT2D eigenvalue weighted by molar-refractivity contribution is 6.02. The molecule has 0 spiro atoms. The van der Waals surface area contributed by atoms with Gasteiger partial charge in [-0.3, -0.25) is 24.5 Å². The van der Waals surface area contributed by atoms with Crippen molar-refractivity contribution in [3.8, 4) is 11.1 Å². The fraction of sp³-hybridized carbons (Fsp3) is 0.167. The largest absolute Gasteiger partial charge is 0.288 e. The Balaban J connectivity index is 2.00. The average molecular weight is 324 g/mol. The van der Waals surface area contributed by atoms with E-state index in [9.17, 15) is 14.4 Å². The van der Waals surface area contributed by atoms with Crippen molar-refractivity contribution in [2.75, 3.05) is 0 Å². The molecule has 6 nitrogen and oxygen atoms in total. The molecular weight excluding hydrogens is 308 g/mol. The van der Waals surface area contributed by atoms with Crippen molar-refractivity contribution in [1.29, 1.82) is 0 Å². The number of likely N-dealkylation sites (tertiary alicyclic amines) is 1. The fourth-order valence-corrected chi connectivity index (χ4v) is 2.79. The first kappa shape index (κ1) is 15.9. The number of hydrogen-bond acceptors (Lipinski definition) is 4. The molecule has 1 aliphatic heterocycles. The first-order valence-electron chi connectivity index (χ1n) is 7.56. The summed E-state index contributed by atoms with van der Waals surface area (Å²) < 4.78 is 0. The summed E-state index contributed by atoms with van der Waals surface area (Å²) in [4.78, 5) is 36.7.